The minimum atomic E-state index is -0.197. The van der Waals surface area contributed by atoms with Crippen LogP contribution in [0.3, 0.4) is 0 Å². The Labute approximate surface area is 111 Å². The quantitative estimate of drug-likeness (QED) is 0.779. The lowest BCUT2D eigenvalue weighted by Gasteiger charge is -2.22. The van der Waals surface area contributed by atoms with Gasteiger partial charge in [-0.2, -0.15) is 0 Å². The van der Waals surface area contributed by atoms with Crippen LogP contribution in [-0.2, 0) is 16.1 Å². The van der Waals surface area contributed by atoms with E-state index in [2.05, 4.69) is 4.90 Å². The molecule has 1 aliphatic rings. The summed E-state index contributed by atoms with van der Waals surface area (Å²) >= 11 is 0. The van der Waals surface area contributed by atoms with Crippen LogP contribution >= 0.6 is 0 Å². The van der Waals surface area contributed by atoms with Crippen molar-refractivity contribution in [1.82, 2.24) is 9.47 Å². The Kier molecular flexibility index (Phi) is 4.21. The maximum Gasteiger partial charge on any atom is 0.323 e. The first-order valence-electron chi connectivity index (χ1n) is 6.40. The smallest absolute Gasteiger partial charge is 0.323 e. The van der Waals surface area contributed by atoms with E-state index >= 15 is 0 Å². The van der Waals surface area contributed by atoms with Gasteiger partial charge >= 0.3 is 5.97 Å². The first-order valence-corrected chi connectivity index (χ1v) is 6.40. The monoisotopic (exact) mass is 265 g/mol. The van der Waals surface area contributed by atoms with E-state index in [0.717, 1.165) is 19.4 Å². The lowest BCUT2D eigenvalue weighted by atomic mass is 10.2. The van der Waals surface area contributed by atoms with Gasteiger partial charge in [0.25, 0.3) is 5.56 Å². The zero-order valence-electron chi connectivity index (χ0n) is 11.0. The third-order valence-electron chi connectivity index (χ3n) is 3.51. The molecule has 0 bridgehead atoms. The van der Waals surface area contributed by atoms with Crippen LogP contribution in [0.1, 0.15) is 12.8 Å². The number of methoxy groups -OCH3 is 1. The fourth-order valence-corrected chi connectivity index (χ4v) is 2.46. The van der Waals surface area contributed by atoms with Gasteiger partial charge in [-0.05, 0) is 31.5 Å². The fourth-order valence-electron chi connectivity index (χ4n) is 2.46. The number of carbonyl (C=O) groups excluding carboxylic acids is 1. The van der Waals surface area contributed by atoms with Gasteiger partial charge in [0.05, 0.1) is 12.8 Å². The molecule has 0 radical (unpaired) electrons. The van der Waals surface area contributed by atoms with Gasteiger partial charge < -0.3 is 15.0 Å². The number of nitrogen functional groups attached to an aromatic ring is 1. The first-order chi connectivity index (χ1) is 9.13. The number of nitrogens with zero attached hydrogens (tertiary/aromatic N) is 2. The number of nitrogens with two attached hydrogens (primary N) is 1. The van der Waals surface area contributed by atoms with Crippen molar-refractivity contribution in [1.29, 1.82) is 0 Å². The standard InChI is InChI=1S/C13H19N3O3/c1-19-13(18)11-5-3-6-15(11)8-9-16-7-2-4-10(14)12(16)17/h2,4,7,11H,3,5-6,8-9,14H2,1H3/t11-/m0/s1. The van der Waals surface area contributed by atoms with Gasteiger partial charge in [-0.25, -0.2) is 0 Å². The second kappa shape index (κ2) is 5.88. The Morgan fingerprint density at radius 1 is 1.53 bits per heavy atom. The number of hydrogen-bond donors (Lipinski definition) is 1. The molecule has 1 aliphatic heterocycles. The number of carbonyl (C=O) groups is 1. The molecular weight excluding hydrogens is 246 g/mol. The zero-order valence-corrected chi connectivity index (χ0v) is 11.0. The molecule has 6 heteroatoms. The van der Waals surface area contributed by atoms with Crippen LogP contribution in [0.4, 0.5) is 5.69 Å². The summed E-state index contributed by atoms with van der Waals surface area (Å²) in [6, 6.07) is 3.16. The van der Waals surface area contributed by atoms with Crippen molar-refractivity contribution >= 4 is 11.7 Å². The van der Waals surface area contributed by atoms with Crippen LogP contribution < -0.4 is 11.3 Å². The number of ether oxygens (including phenoxy) is 1. The van der Waals surface area contributed by atoms with Crippen LogP contribution in [0.5, 0.6) is 0 Å². The summed E-state index contributed by atoms with van der Waals surface area (Å²) in [5.41, 5.74) is 5.64. The molecule has 1 atom stereocenters. The van der Waals surface area contributed by atoms with Crippen molar-refractivity contribution in [2.45, 2.75) is 25.4 Å². The van der Waals surface area contributed by atoms with Crippen LogP contribution in [-0.4, -0.2) is 41.7 Å². The van der Waals surface area contributed by atoms with Gasteiger partial charge in [0, 0.05) is 19.3 Å². The predicted octanol–water partition coefficient (Wildman–Crippen LogP) is 0.0679. The number of rotatable bonds is 4. The highest BCUT2D eigenvalue weighted by molar-refractivity contribution is 5.75. The molecule has 1 fully saturated rings. The average molecular weight is 265 g/mol. The van der Waals surface area contributed by atoms with Crippen LogP contribution in [0.2, 0.25) is 0 Å². The number of esters is 1. The molecule has 19 heavy (non-hydrogen) atoms. The maximum atomic E-state index is 11.8. The van der Waals surface area contributed by atoms with Gasteiger partial charge in [0.15, 0.2) is 0 Å². The van der Waals surface area contributed by atoms with Crippen molar-refractivity contribution in [3.05, 3.63) is 28.7 Å². The maximum absolute atomic E-state index is 11.8. The van der Waals surface area contributed by atoms with Gasteiger partial charge in [-0.15, -0.1) is 0 Å². The van der Waals surface area contributed by atoms with Gasteiger partial charge in [-0.3, -0.25) is 14.5 Å². The van der Waals surface area contributed by atoms with Gasteiger partial charge in [-0.1, -0.05) is 0 Å². The second-order valence-corrected chi connectivity index (χ2v) is 4.68. The number of aromatic nitrogens is 1. The highest BCUT2D eigenvalue weighted by Gasteiger charge is 2.30. The molecule has 104 valence electrons. The van der Waals surface area contributed by atoms with E-state index < -0.39 is 0 Å². The molecule has 2 heterocycles. The van der Waals surface area contributed by atoms with E-state index in [1.165, 1.54) is 7.11 Å². The molecule has 0 aromatic carbocycles. The minimum absolute atomic E-state index is 0.179. The number of pyridine rings is 1. The normalized spacial score (nSPS) is 19.5. The first kappa shape index (κ1) is 13.6. The predicted molar refractivity (Wildman–Crippen MR) is 71.7 cm³/mol. The van der Waals surface area contributed by atoms with Gasteiger partial charge in [0.2, 0.25) is 0 Å². The number of likely N-dealkylation sites (tertiary alicyclic amines) is 1. The van der Waals surface area contributed by atoms with E-state index in [0.29, 0.717) is 13.1 Å². The molecule has 0 saturated carbocycles. The molecule has 1 aromatic heterocycles. The van der Waals surface area contributed by atoms with Crippen molar-refractivity contribution < 1.29 is 9.53 Å². The Morgan fingerprint density at radius 2 is 2.32 bits per heavy atom. The summed E-state index contributed by atoms with van der Waals surface area (Å²) in [4.78, 5) is 25.4. The second-order valence-electron chi connectivity index (χ2n) is 4.68. The molecule has 1 aromatic rings. The fraction of sp³-hybridized carbons (Fsp3) is 0.538. The third-order valence-corrected chi connectivity index (χ3v) is 3.51. The van der Waals surface area contributed by atoms with E-state index in [4.69, 9.17) is 10.5 Å². The number of hydrogen-bond acceptors (Lipinski definition) is 5. The van der Waals surface area contributed by atoms with Crippen LogP contribution in [0, 0.1) is 0 Å². The summed E-state index contributed by atoms with van der Waals surface area (Å²) in [6.07, 6.45) is 3.51. The molecule has 2 rings (SSSR count). The minimum Gasteiger partial charge on any atom is -0.468 e. The van der Waals surface area contributed by atoms with E-state index in [1.54, 1.807) is 22.9 Å². The molecule has 0 amide bonds. The van der Waals surface area contributed by atoms with Crippen LogP contribution in [0.25, 0.3) is 0 Å². The Morgan fingerprint density at radius 3 is 3.05 bits per heavy atom. The Bertz CT molecular complexity index is 512. The van der Waals surface area contributed by atoms with Gasteiger partial charge in [0.1, 0.15) is 6.04 Å². The average Bonchev–Trinajstić information content (AvgIpc) is 2.88. The van der Waals surface area contributed by atoms with Crippen LogP contribution in [0.15, 0.2) is 23.1 Å². The van der Waals surface area contributed by atoms with E-state index in [1.807, 2.05) is 0 Å². The summed E-state index contributed by atoms with van der Waals surface area (Å²) in [5, 5.41) is 0. The SMILES string of the molecule is COC(=O)[C@@H]1CCCN1CCn1cccc(N)c1=O. The summed E-state index contributed by atoms with van der Waals surface area (Å²) < 4.78 is 6.36. The van der Waals surface area contributed by atoms with Crippen molar-refractivity contribution in [2.24, 2.45) is 0 Å². The van der Waals surface area contributed by atoms with E-state index in [-0.39, 0.29) is 23.3 Å². The topological polar surface area (TPSA) is 77.6 Å². The highest BCUT2D eigenvalue weighted by Crippen LogP contribution is 2.17. The summed E-state index contributed by atoms with van der Waals surface area (Å²) in [7, 11) is 1.40. The third kappa shape index (κ3) is 2.96. The molecular formula is C13H19N3O3. The summed E-state index contributed by atoms with van der Waals surface area (Å²) in [6.45, 7) is 2.03. The molecule has 0 spiro atoms. The molecule has 2 N–H and O–H groups in total. The number of anilines is 1. The Hall–Kier alpha value is -1.82. The summed E-state index contributed by atoms with van der Waals surface area (Å²) in [5.74, 6) is -0.197. The Balaban J connectivity index is 2.00. The van der Waals surface area contributed by atoms with Crippen molar-refractivity contribution in [3.8, 4) is 0 Å². The van der Waals surface area contributed by atoms with Crippen molar-refractivity contribution in [2.75, 3.05) is 25.9 Å². The lowest BCUT2D eigenvalue weighted by molar-refractivity contribution is -0.145. The largest absolute Gasteiger partial charge is 0.468 e. The zero-order chi connectivity index (χ0) is 13.8. The molecule has 1 saturated heterocycles. The molecule has 0 unspecified atom stereocenters. The van der Waals surface area contributed by atoms with Crippen molar-refractivity contribution in [3.63, 3.8) is 0 Å². The molecule has 6 nitrogen and oxygen atoms in total. The molecule has 0 aliphatic carbocycles. The lowest BCUT2D eigenvalue weighted by Crippen LogP contribution is -2.39. The van der Waals surface area contributed by atoms with E-state index in [9.17, 15) is 9.59 Å². The highest BCUT2D eigenvalue weighted by atomic mass is 16.5.